The van der Waals surface area contributed by atoms with Crippen LogP contribution in [0.5, 0.6) is 0 Å². The van der Waals surface area contributed by atoms with E-state index >= 15 is 0 Å². The van der Waals surface area contributed by atoms with Gasteiger partial charge in [-0.3, -0.25) is 0 Å². The van der Waals surface area contributed by atoms with Crippen molar-refractivity contribution >= 4 is 11.0 Å². The van der Waals surface area contributed by atoms with Crippen LogP contribution in [0.1, 0.15) is 18.4 Å². The molecule has 0 radical (unpaired) electrons. The van der Waals surface area contributed by atoms with Gasteiger partial charge in [-0.2, -0.15) is 0 Å². The van der Waals surface area contributed by atoms with E-state index in [4.69, 9.17) is 5.73 Å². The van der Waals surface area contributed by atoms with Crippen LogP contribution in [0, 0.1) is 5.82 Å². The van der Waals surface area contributed by atoms with Crippen LogP contribution in [0.25, 0.3) is 22.4 Å². The summed E-state index contributed by atoms with van der Waals surface area (Å²) in [7, 11) is 0. The Morgan fingerprint density at radius 2 is 2.10 bits per heavy atom. The van der Waals surface area contributed by atoms with Gasteiger partial charge < -0.3 is 10.7 Å². The van der Waals surface area contributed by atoms with E-state index in [1.807, 2.05) is 18.2 Å². The quantitative estimate of drug-likeness (QED) is 0.765. The first kappa shape index (κ1) is 12.8. The molecule has 2 aromatic carbocycles. The number of aromatic nitrogens is 2. The summed E-state index contributed by atoms with van der Waals surface area (Å²) < 4.78 is 13.3. The van der Waals surface area contributed by atoms with Gasteiger partial charge in [-0.25, -0.2) is 9.37 Å². The third-order valence-corrected chi connectivity index (χ3v) is 3.53. The molecule has 0 saturated carbocycles. The maximum absolute atomic E-state index is 13.3. The van der Waals surface area contributed by atoms with Crippen molar-refractivity contribution in [1.29, 1.82) is 0 Å². The second kappa shape index (κ2) is 5.06. The Morgan fingerprint density at radius 1 is 1.25 bits per heavy atom. The molecular weight excluding hydrogens is 253 g/mol. The number of fused-ring (bicyclic) bond motifs is 1. The van der Waals surface area contributed by atoms with Crippen molar-refractivity contribution in [3.63, 3.8) is 0 Å². The standard InChI is InChI=1S/C16H16FN3/c1-10(9-18)11-5-6-14-15(8-11)20-16(19-14)12-3-2-4-13(17)7-12/h2-8,10H,9,18H2,1H3,(H,19,20). The lowest BCUT2D eigenvalue weighted by Gasteiger charge is -2.07. The molecule has 3 nitrogen and oxygen atoms in total. The zero-order chi connectivity index (χ0) is 14.1. The van der Waals surface area contributed by atoms with E-state index in [2.05, 4.69) is 23.0 Å². The van der Waals surface area contributed by atoms with Gasteiger partial charge in [0.1, 0.15) is 11.6 Å². The van der Waals surface area contributed by atoms with Crippen molar-refractivity contribution in [3.05, 3.63) is 53.8 Å². The second-order valence-electron chi connectivity index (χ2n) is 5.01. The van der Waals surface area contributed by atoms with Crippen LogP contribution in [0.3, 0.4) is 0 Å². The Balaban J connectivity index is 2.06. The van der Waals surface area contributed by atoms with Gasteiger partial charge >= 0.3 is 0 Å². The van der Waals surface area contributed by atoms with E-state index in [0.717, 1.165) is 16.6 Å². The minimum atomic E-state index is -0.264. The molecule has 3 rings (SSSR count). The van der Waals surface area contributed by atoms with Crippen LogP contribution in [0.2, 0.25) is 0 Å². The number of hydrogen-bond donors (Lipinski definition) is 2. The van der Waals surface area contributed by atoms with E-state index in [0.29, 0.717) is 18.3 Å². The Kier molecular flexibility index (Phi) is 3.24. The molecule has 20 heavy (non-hydrogen) atoms. The number of nitrogens with zero attached hydrogens (tertiary/aromatic N) is 1. The fourth-order valence-electron chi connectivity index (χ4n) is 2.24. The maximum Gasteiger partial charge on any atom is 0.138 e. The maximum atomic E-state index is 13.3. The third kappa shape index (κ3) is 2.30. The Hall–Kier alpha value is -2.20. The monoisotopic (exact) mass is 269 g/mol. The third-order valence-electron chi connectivity index (χ3n) is 3.53. The lowest BCUT2D eigenvalue weighted by molar-refractivity contribution is 0.628. The molecular formula is C16H16FN3. The van der Waals surface area contributed by atoms with Gasteiger partial charge in [-0.1, -0.05) is 25.1 Å². The van der Waals surface area contributed by atoms with Gasteiger partial charge in [0.2, 0.25) is 0 Å². The highest BCUT2D eigenvalue weighted by Crippen LogP contribution is 2.24. The molecule has 1 atom stereocenters. The van der Waals surface area contributed by atoms with E-state index in [1.165, 1.54) is 17.7 Å². The zero-order valence-electron chi connectivity index (χ0n) is 11.2. The minimum absolute atomic E-state index is 0.264. The van der Waals surface area contributed by atoms with Crippen LogP contribution >= 0.6 is 0 Å². The van der Waals surface area contributed by atoms with Crippen LogP contribution in [-0.2, 0) is 0 Å². The molecule has 0 bridgehead atoms. The minimum Gasteiger partial charge on any atom is -0.338 e. The lowest BCUT2D eigenvalue weighted by Crippen LogP contribution is -2.08. The number of rotatable bonds is 3. The first-order valence-electron chi connectivity index (χ1n) is 6.63. The summed E-state index contributed by atoms with van der Waals surface area (Å²) in [6, 6.07) is 12.5. The summed E-state index contributed by atoms with van der Waals surface area (Å²) in [6.07, 6.45) is 0. The molecule has 3 N–H and O–H groups in total. The molecule has 102 valence electrons. The summed E-state index contributed by atoms with van der Waals surface area (Å²) >= 11 is 0. The van der Waals surface area contributed by atoms with Gasteiger partial charge in [0.25, 0.3) is 0 Å². The van der Waals surface area contributed by atoms with Crippen molar-refractivity contribution in [1.82, 2.24) is 9.97 Å². The predicted octanol–water partition coefficient (Wildman–Crippen LogP) is 3.43. The van der Waals surface area contributed by atoms with Crippen molar-refractivity contribution in [2.45, 2.75) is 12.8 Å². The first-order valence-corrected chi connectivity index (χ1v) is 6.63. The molecule has 0 aliphatic rings. The number of benzene rings is 2. The van der Waals surface area contributed by atoms with Gasteiger partial charge in [0.05, 0.1) is 11.0 Å². The number of hydrogen-bond acceptors (Lipinski definition) is 2. The molecule has 1 heterocycles. The number of halogens is 1. The van der Waals surface area contributed by atoms with Gasteiger partial charge in [-0.15, -0.1) is 0 Å². The number of H-pyrrole nitrogens is 1. The molecule has 1 aromatic heterocycles. The van der Waals surface area contributed by atoms with Gasteiger partial charge in [0.15, 0.2) is 0 Å². The molecule has 0 aliphatic carbocycles. The fraction of sp³-hybridized carbons (Fsp3) is 0.188. The van der Waals surface area contributed by atoms with Crippen molar-refractivity contribution in [2.75, 3.05) is 6.54 Å². The Bertz CT molecular complexity index is 748. The van der Waals surface area contributed by atoms with E-state index in [9.17, 15) is 4.39 Å². The molecule has 0 fully saturated rings. The second-order valence-corrected chi connectivity index (χ2v) is 5.01. The van der Waals surface area contributed by atoms with E-state index in [-0.39, 0.29) is 5.82 Å². The average molecular weight is 269 g/mol. The number of imidazole rings is 1. The Morgan fingerprint density at radius 3 is 2.85 bits per heavy atom. The summed E-state index contributed by atoms with van der Waals surface area (Å²) in [4.78, 5) is 7.74. The smallest absolute Gasteiger partial charge is 0.138 e. The van der Waals surface area contributed by atoms with Crippen LogP contribution in [0.4, 0.5) is 4.39 Å². The Labute approximate surface area is 116 Å². The fourth-order valence-corrected chi connectivity index (χ4v) is 2.24. The molecule has 1 unspecified atom stereocenters. The van der Waals surface area contributed by atoms with E-state index in [1.54, 1.807) is 6.07 Å². The largest absolute Gasteiger partial charge is 0.338 e. The highest BCUT2D eigenvalue weighted by molar-refractivity contribution is 5.80. The number of aromatic amines is 1. The summed E-state index contributed by atoms with van der Waals surface area (Å²) in [5, 5.41) is 0. The van der Waals surface area contributed by atoms with Gasteiger partial charge in [-0.05, 0) is 42.3 Å². The summed E-state index contributed by atoms with van der Waals surface area (Å²) in [5.41, 5.74) is 9.43. The zero-order valence-corrected chi connectivity index (χ0v) is 11.2. The van der Waals surface area contributed by atoms with Crippen molar-refractivity contribution in [2.24, 2.45) is 5.73 Å². The molecule has 0 spiro atoms. The predicted molar refractivity (Wildman–Crippen MR) is 79.0 cm³/mol. The first-order chi connectivity index (χ1) is 9.67. The molecule has 0 amide bonds. The molecule has 0 aliphatic heterocycles. The SMILES string of the molecule is CC(CN)c1ccc2nc(-c3cccc(F)c3)[nH]c2c1. The normalized spacial score (nSPS) is 12.8. The van der Waals surface area contributed by atoms with Crippen LogP contribution in [0.15, 0.2) is 42.5 Å². The van der Waals surface area contributed by atoms with Crippen LogP contribution < -0.4 is 5.73 Å². The molecule has 3 aromatic rings. The molecule has 0 saturated heterocycles. The highest BCUT2D eigenvalue weighted by Gasteiger charge is 2.09. The molecule has 4 heteroatoms. The van der Waals surface area contributed by atoms with Gasteiger partial charge in [0, 0.05) is 5.56 Å². The van der Waals surface area contributed by atoms with Crippen molar-refractivity contribution in [3.8, 4) is 11.4 Å². The van der Waals surface area contributed by atoms with E-state index < -0.39 is 0 Å². The number of nitrogens with two attached hydrogens (primary N) is 1. The summed E-state index contributed by atoms with van der Waals surface area (Å²) in [5.74, 6) is 0.720. The van der Waals surface area contributed by atoms with Crippen molar-refractivity contribution < 1.29 is 4.39 Å². The highest BCUT2D eigenvalue weighted by atomic mass is 19.1. The number of nitrogens with one attached hydrogen (secondary N) is 1. The topological polar surface area (TPSA) is 54.7 Å². The summed E-state index contributed by atoms with van der Waals surface area (Å²) in [6.45, 7) is 2.70. The van der Waals surface area contributed by atoms with Crippen LogP contribution in [-0.4, -0.2) is 16.5 Å². The average Bonchev–Trinajstić information content (AvgIpc) is 2.89. The lowest BCUT2D eigenvalue weighted by atomic mass is 10.0.